The maximum absolute atomic E-state index is 12.4. The summed E-state index contributed by atoms with van der Waals surface area (Å²) in [5.74, 6) is 1.14. The fourth-order valence-corrected chi connectivity index (χ4v) is 2.43. The lowest BCUT2D eigenvalue weighted by Crippen LogP contribution is -2.00. The highest BCUT2D eigenvalue weighted by molar-refractivity contribution is 6.32. The molecule has 0 radical (unpaired) electrons. The highest BCUT2D eigenvalue weighted by atomic mass is 35.5. The van der Waals surface area contributed by atoms with E-state index in [0.29, 0.717) is 27.8 Å². The topological polar surface area (TPSA) is 44.8 Å². The van der Waals surface area contributed by atoms with Crippen LogP contribution >= 0.6 is 11.6 Å². The summed E-state index contributed by atoms with van der Waals surface area (Å²) in [7, 11) is 4.53. The molecular weight excluding hydrogens is 340 g/mol. The Morgan fingerprint density at radius 2 is 1.60 bits per heavy atom. The van der Waals surface area contributed by atoms with E-state index in [2.05, 4.69) is 0 Å². The van der Waals surface area contributed by atoms with E-state index < -0.39 is 0 Å². The molecule has 2 rings (SSSR count). The Balaban J connectivity index is 2.19. The molecule has 0 aliphatic heterocycles. The first-order chi connectivity index (χ1) is 12.1. The van der Waals surface area contributed by atoms with Crippen molar-refractivity contribution in [2.24, 2.45) is 0 Å². The Labute approximate surface area is 152 Å². The SMILES string of the molecule is COc1cc(C(=O)/C=C/C=C/c2ccccc2Cl)cc(OC)c1OC. The third kappa shape index (κ3) is 4.64. The Kier molecular flexibility index (Phi) is 6.66. The normalized spacial score (nSPS) is 11.0. The molecule has 0 aromatic heterocycles. The number of hydrogen-bond acceptors (Lipinski definition) is 4. The lowest BCUT2D eigenvalue weighted by atomic mass is 10.1. The van der Waals surface area contributed by atoms with E-state index in [9.17, 15) is 4.79 Å². The molecule has 5 heteroatoms. The smallest absolute Gasteiger partial charge is 0.203 e. The molecule has 0 fully saturated rings. The Bertz CT molecular complexity index is 784. The zero-order chi connectivity index (χ0) is 18.2. The number of methoxy groups -OCH3 is 3. The van der Waals surface area contributed by atoms with Crippen LogP contribution in [-0.2, 0) is 0 Å². The van der Waals surface area contributed by atoms with Crippen molar-refractivity contribution in [2.45, 2.75) is 0 Å². The minimum absolute atomic E-state index is 0.178. The average Bonchev–Trinajstić information content (AvgIpc) is 2.64. The molecule has 0 heterocycles. The molecular formula is C20H19ClO4. The van der Waals surface area contributed by atoms with Gasteiger partial charge in [0.05, 0.1) is 21.3 Å². The van der Waals surface area contributed by atoms with Gasteiger partial charge in [0, 0.05) is 10.6 Å². The molecule has 0 bridgehead atoms. The van der Waals surface area contributed by atoms with Gasteiger partial charge >= 0.3 is 0 Å². The van der Waals surface area contributed by atoms with E-state index in [1.807, 2.05) is 30.3 Å². The Morgan fingerprint density at radius 1 is 0.960 bits per heavy atom. The van der Waals surface area contributed by atoms with Crippen molar-refractivity contribution >= 4 is 23.5 Å². The summed E-state index contributed by atoms with van der Waals surface area (Å²) in [5.41, 5.74) is 1.32. The van der Waals surface area contributed by atoms with Crippen LogP contribution in [0.3, 0.4) is 0 Å². The van der Waals surface area contributed by atoms with Crippen molar-refractivity contribution in [1.29, 1.82) is 0 Å². The summed E-state index contributed by atoms with van der Waals surface area (Å²) < 4.78 is 15.8. The average molecular weight is 359 g/mol. The third-order valence-electron chi connectivity index (χ3n) is 3.49. The lowest BCUT2D eigenvalue weighted by Gasteiger charge is -2.13. The van der Waals surface area contributed by atoms with E-state index >= 15 is 0 Å². The number of carbonyl (C=O) groups excluding carboxylic acids is 1. The number of ketones is 1. The summed E-state index contributed by atoms with van der Waals surface area (Å²) in [6.45, 7) is 0. The van der Waals surface area contributed by atoms with Gasteiger partial charge in [-0.25, -0.2) is 0 Å². The number of rotatable bonds is 7. The van der Waals surface area contributed by atoms with Crippen molar-refractivity contribution in [2.75, 3.05) is 21.3 Å². The fraction of sp³-hybridized carbons (Fsp3) is 0.150. The molecule has 0 amide bonds. The molecule has 0 aliphatic rings. The zero-order valence-corrected chi connectivity index (χ0v) is 15.0. The van der Waals surface area contributed by atoms with Crippen LogP contribution in [0, 0.1) is 0 Å². The second-order valence-electron chi connectivity index (χ2n) is 5.02. The van der Waals surface area contributed by atoms with Crippen LogP contribution in [0.2, 0.25) is 5.02 Å². The van der Waals surface area contributed by atoms with Crippen molar-refractivity contribution in [3.63, 3.8) is 0 Å². The van der Waals surface area contributed by atoms with Crippen molar-refractivity contribution in [1.82, 2.24) is 0 Å². The highest BCUT2D eigenvalue weighted by Crippen LogP contribution is 2.38. The van der Waals surface area contributed by atoms with E-state index in [1.165, 1.54) is 27.4 Å². The first-order valence-corrected chi connectivity index (χ1v) is 7.92. The van der Waals surface area contributed by atoms with E-state index in [0.717, 1.165) is 5.56 Å². The van der Waals surface area contributed by atoms with Gasteiger partial charge < -0.3 is 14.2 Å². The predicted octanol–water partition coefficient (Wildman–Crippen LogP) is 4.82. The summed E-state index contributed by atoms with van der Waals surface area (Å²) in [5, 5.41) is 0.656. The maximum Gasteiger partial charge on any atom is 0.203 e. The number of carbonyl (C=O) groups is 1. The van der Waals surface area contributed by atoms with Crippen molar-refractivity contribution < 1.29 is 19.0 Å². The van der Waals surface area contributed by atoms with Crippen LogP contribution in [-0.4, -0.2) is 27.1 Å². The minimum Gasteiger partial charge on any atom is -0.493 e. The molecule has 2 aromatic rings. The standard InChI is InChI=1S/C20H19ClO4/c1-23-18-12-15(13-19(24-2)20(18)25-3)17(22)11-7-5-9-14-8-4-6-10-16(14)21/h4-13H,1-3H3/b9-5+,11-7+. The molecule has 0 spiro atoms. The molecule has 130 valence electrons. The number of ether oxygens (including phenoxy) is 3. The Morgan fingerprint density at radius 3 is 2.16 bits per heavy atom. The molecule has 0 atom stereocenters. The van der Waals surface area contributed by atoms with Gasteiger partial charge in [-0.05, 0) is 29.8 Å². The van der Waals surface area contributed by atoms with Gasteiger partial charge in [0.15, 0.2) is 17.3 Å². The second kappa shape index (κ2) is 8.94. The van der Waals surface area contributed by atoms with Gasteiger partial charge in [-0.15, -0.1) is 0 Å². The van der Waals surface area contributed by atoms with Gasteiger partial charge in [-0.3, -0.25) is 4.79 Å². The van der Waals surface area contributed by atoms with Crippen LogP contribution in [0.4, 0.5) is 0 Å². The summed E-state index contributed by atoms with van der Waals surface area (Å²) in [4.78, 5) is 12.4. The minimum atomic E-state index is -0.178. The number of allylic oxidation sites excluding steroid dienone is 3. The van der Waals surface area contributed by atoms with Crippen LogP contribution in [0.25, 0.3) is 6.08 Å². The van der Waals surface area contributed by atoms with Gasteiger partial charge in [-0.1, -0.05) is 48.0 Å². The predicted molar refractivity (Wildman–Crippen MR) is 100 cm³/mol. The lowest BCUT2D eigenvalue weighted by molar-refractivity contribution is 0.104. The first kappa shape index (κ1) is 18.6. The first-order valence-electron chi connectivity index (χ1n) is 7.54. The molecule has 0 unspecified atom stereocenters. The second-order valence-corrected chi connectivity index (χ2v) is 5.43. The molecule has 4 nitrogen and oxygen atoms in total. The van der Waals surface area contributed by atoms with Crippen LogP contribution in [0.1, 0.15) is 15.9 Å². The molecule has 0 saturated carbocycles. The van der Waals surface area contributed by atoms with Gasteiger partial charge in [0.2, 0.25) is 5.75 Å². The molecule has 2 aromatic carbocycles. The summed E-state index contributed by atoms with van der Waals surface area (Å²) in [6.07, 6.45) is 6.72. The summed E-state index contributed by atoms with van der Waals surface area (Å²) >= 11 is 6.08. The largest absolute Gasteiger partial charge is 0.493 e. The van der Waals surface area contributed by atoms with Crippen LogP contribution in [0.15, 0.2) is 54.6 Å². The van der Waals surface area contributed by atoms with Gasteiger partial charge in [-0.2, -0.15) is 0 Å². The number of hydrogen-bond donors (Lipinski definition) is 0. The van der Waals surface area contributed by atoms with Crippen LogP contribution in [0.5, 0.6) is 17.2 Å². The van der Waals surface area contributed by atoms with Crippen LogP contribution < -0.4 is 14.2 Å². The van der Waals surface area contributed by atoms with E-state index in [1.54, 1.807) is 24.3 Å². The fourth-order valence-electron chi connectivity index (χ4n) is 2.23. The number of halogens is 1. The maximum atomic E-state index is 12.4. The highest BCUT2D eigenvalue weighted by Gasteiger charge is 2.15. The Hall–Kier alpha value is -2.72. The molecule has 0 N–H and O–H groups in total. The van der Waals surface area contributed by atoms with E-state index in [4.69, 9.17) is 25.8 Å². The number of benzene rings is 2. The van der Waals surface area contributed by atoms with Crippen molar-refractivity contribution in [3.8, 4) is 17.2 Å². The van der Waals surface area contributed by atoms with Gasteiger partial charge in [0.1, 0.15) is 0 Å². The molecule has 0 aliphatic carbocycles. The van der Waals surface area contributed by atoms with E-state index in [-0.39, 0.29) is 5.78 Å². The monoisotopic (exact) mass is 358 g/mol. The molecule has 25 heavy (non-hydrogen) atoms. The quantitative estimate of drug-likeness (QED) is 0.404. The van der Waals surface area contributed by atoms with Gasteiger partial charge in [0.25, 0.3) is 0 Å². The third-order valence-corrected chi connectivity index (χ3v) is 3.83. The van der Waals surface area contributed by atoms with Crippen molar-refractivity contribution in [3.05, 3.63) is 70.8 Å². The summed E-state index contributed by atoms with van der Waals surface area (Å²) in [6, 6.07) is 10.7. The zero-order valence-electron chi connectivity index (χ0n) is 14.3. The molecule has 0 saturated heterocycles.